The van der Waals surface area contributed by atoms with Crippen molar-refractivity contribution in [3.8, 4) is 0 Å². The maximum atomic E-state index is 5.83. The van der Waals surface area contributed by atoms with E-state index in [-0.39, 0.29) is 6.10 Å². The van der Waals surface area contributed by atoms with E-state index < -0.39 is 0 Å². The first-order valence-electron chi connectivity index (χ1n) is 6.99. The van der Waals surface area contributed by atoms with Crippen LogP contribution < -0.4 is 5.73 Å². The normalized spacial score (nSPS) is 12.5. The summed E-state index contributed by atoms with van der Waals surface area (Å²) in [5.74, 6) is 0.745. The third-order valence-corrected chi connectivity index (χ3v) is 3.05. The minimum atomic E-state index is -0.228. The average Bonchev–Trinajstić information content (AvgIpc) is 2.94. The summed E-state index contributed by atoms with van der Waals surface area (Å²) in [5.41, 5.74) is 6.58. The first-order valence-corrected chi connectivity index (χ1v) is 6.99. The fourth-order valence-corrected chi connectivity index (χ4v) is 2.08. The Kier molecular flexibility index (Phi) is 5.64. The molecule has 0 aliphatic heterocycles. The maximum Gasteiger partial charge on any atom is 0.184 e. The van der Waals surface area contributed by atoms with Crippen molar-refractivity contribution < 1.29 is 4.74 Å². The van der Waals surface area contributed by atoms with Gasteiger partial charge in [-0.1, -0.05) is 30.3 Å². The van der Waals surface area contributed by atoms with Crippen LogP contribution in [0.1, 0.15) is 37.3 Å². The summed E-state index contributed by atoms with van der Waals surface area (Å²) in [7, 11) is 0. The predicted molar refractivity (Wildman–Crippen MR) is 76.0 cm³/mol. The number of unbranched alkanes of at least 4 members (excludes halogenated alkanes) is 1. The molecule has 1 atom stereocenters. The second-order valence-corrected chi connectivity index (χ2v) is 4.50. The van der Waals surface area contributed by atoms with Crippen LogP contribution in [0.15, 0.2) is 30.3 Å². The number of hydrogen-bond acceptors (Lipinski definition) is 5. The van der Waals surface area contributed by atoms with Crippen molar-refractivity contribution in [3.63, 3.8) is 0 Å². The molecule has 2 aromatic rings. The summed E-state index contributed by atoms with van der Waals surface area (Å²) < 4.78 is 7.64. The van der Waals surface area contributed by atoms with Crippen LogP contribution in [0.2, 0.25) is 0 Å². The van der Waals surface area contributed by atoms with Crippen molar-refractivity contribution in [1.29, 1.82) is 0 Å². The molecular formula is C14H21N5O. The van der Waals surface area contributed by atoms with Gasteiger partial charge in [0.2, 0.25) is 0 Å². The molecule has 1 aromatic heterocycles. The molecule has 1 unspecified atom stereocenters. The second-order valence-electron chi connectivity index (χ2n) is 4.50. The number of benzene rings is 1. The molecule has 0 aliphatic rings. The quantitative estimate of drug-likeness (QED) is 0.739. The highest BCUT2D eigenvalue weighted by molar-refractivity contribution is 5.22. The Morgan fingerprint density at radius 3 is 2.75 bits per heavy atom. The Bertz CT molecular complexity index is 499. The molecule has 6 heteroatoms. The summed E-state index contributed by atoms with van der Waals surface area (Å²) in [6.45, 7) is 4.02. The van der Waals surface area contributed by atoms with Crippen molar-refractivity contribution in [2.75, 3.05) is 13.2 Å². The van der Waals surface area contributed by atoms with Gasteiger partial charge in [-0.25, -0.2) is 4.68 Å². The summed E-state index contributed by atoms with van der Waals surface area (Å²) in [6, 6.07) is 10.0. The third-order valence-electron chi connectivity index (χ3n) is 3.05. The van der Waals surface area contributed by atoms with E-state index in [4.69, 9.17) is 10.5 Å². The Hall–Kier alpha value is -1.79. The summed E-state index contributed by atoms with van der Waals surface area (Å²) in [4.78, 5) is 0. The maximum absolute atomic E-state index is 5.83. The number of nitrogens with two attached hydrogens (primary N) is 1. The Morgan fingerprint density at radius 2 is 2.05 bits per heavy atom. The summed E-state index contributed by atoms with van der Waals surface area (Å²) >= 11 is 0. The number of ether oxygens (including phenoxy) is 1. The van der Waals surface area contributed by atoms with Crippen molar-refractivity contribution >= 4 is 0 Å². The zero-order valence-corrected chi connectivity index (χ0v) is 11.8. The molecule has 0 amide bonds. The average molecular weight is 275 g/mol. The van der Waals surface area contributed by atoms with Crippen LogP contribution in [-0.2, 0) is 11.3 Å². The largest absolute Gasteiger partial charge is 0.366 e. The van der Waals surface area contributed by atoms with E-state index in [0.717, 1.165) is 30.8 Å². The number of hydrogen-bond donors (Lipinski definition) is 1. The van der Waals surface area contributed by atoms with Crippen LogP contribution in [0.5, 0.6) is 0 Å². The van der Waals surface area contributed by atoms with Gasteiger partial charge in [-0.3, -0.25) is 0 Å². The molecule has 6 nitrogen and oxygen atoms in total. The molecule has 0 fully saturated rings. The molecule has 2 rings (SSSR count). The van der Waals surface area contributed by atoms with Gasteiger partial charge in [0, 0.05) is 13.2 Å². The van der Waals surface area contributed by atoms with Crippen molar-refractivity contribution in [3.05, 3.63) is 41.7 Å². The van der Waals surface area contributed by atoms with Crippen LogP contribution in [0.4, 0.5) is 0 Å². The van der Waals surface area contributed by atoms with Gasteiger partial charge in [0.05, 0.1) is 0 Å². The van der Waals surface area contributed by atoms with E-state index >= 15 is 0 Å². The highest BCUT2D eigenvalue weighted by atomic mass is 16.5. The molecule has 0 saturated carbocycles. The zero-order chi connectivity index (χ0) is 14.2. The smallest absolute Gasteiger partial charge is 0.184 e. The van der Waals surface area contributed by atoms with Gasteiger partial charge in [-0.2, -0.15) is 0 Å². The van der Waals surface area contributed by atoms with Gasteiger partial charge in [0.1, 0.15) is 6.10 Å². The Labute approximate surface area is 118 Å². The minimum absolute atomic E-state index is 0.228. The number of aromatic nitrogens is 4. The fourth-order valence-electron chi connectivity index (χ4n) is 2.08. The molecule has 0 bridgehead atoms. The predicted octanol–water partition coefficient (Wildman–Crippen LogP) is 1.54. The van der Waals surface area contributed by atoms with E-state index in [2.05, 4.69) is 15.5 Å². The van der Waals surface area contributed by atoms with Crippen molar-refractivity contribution in [2.24, 2.45) is 5.73 Å². The summed E-state index contributed by atoms with van der Waals surface area (Å²) in [6.07, 6.45) is 1.70. The number of aryl methyl sites for hydroxylation is 1. The zero-order valence-electron chi connectivity index (χ0n) is 11.8. The lowest BCUT2D eigenvalue weighted by atomic mass is 10.1. The molecule has 1 aromatic carbocycles. The Balaban J connectivity index is 2.19. The minimum Gasteiger partial charge on any atom is -0.366 e. The number of nitrogens with zero attached hydrogens (tertiary/aromatic N) is 4. The molecule has 0 aliphatic carbocycles. The molecule has 20 heavy (non-hydrogen) atoms. The van der Waals surface area contributed by atoms with E-state index in [1.807, 2.05) is 41.9 Å². The highest BCUT2D eigenvalue weighted by Gasteiger charge is 2.21. The van der Waals surface area contributed by atoms with Crippen LogP contribution >= 0.6 is 0 Å². The second kappa shape index (κ2) is 7.72. The highest BCUT2D eigenvalue weighted by Crippen LogP contribution is 2.23. The monoisotopic (exact) mass is 275 g/mol. The molecule has 1 heterocycles. The van der Waals surface area contributed by atoms with E-state index in [0.29, 0.717) is 13.2 Å². The van der Waals surface area contributed by atoms with Crippen LogP contribution in [0.3, 0.4) is 0 Å². The van der Waals surface area contributed by atoms with Gasteiger partial charge in [0.25, 0.3) is 0 Å². The van der Waals surface area contributed by atoms with Gasteiger partial charge in [0.15, 0.2) is 5.82 Å². The van der Waals surface area contributed by atoms with Crippen LogP contribution in [0.25, 0.3) is 0 Å². The Morgan fingerprint density at radius 1 is 1.25 bits per heavy atom. The lowest BCUT2D eigenvalue weighted by Gasteiger charge is -2.16. The molecule has 108 valence electrons. The number of tetrazole rings is 1. The molecule has 0 spiro atoms. The first-order chi connectivity index (χ1) is 9.86. The first kappa shape index (κ1) is 14.6. The van der Waals surface area contributed by atoms with E-state index in [1.165, 1.54) is 0 Å². The molecule has 2 N–H and O–H groups in total. The van der Waals surface area contributed by atoms with Gasteiger partial charge in [-0.05, 0) is 42.3 Å². The van der Waals surface area contributed by atoms with Crippen LogP contribution in [0, 0.1) is 0 Å². The molecular weight excluding hydrogens is 254 g/mol. The lowest BCUT2D eigenvalue weighted by Crippen LogP contribution is -2.15. The summed E-state index contributed by atoms with van der Waals surface area (Å²) in [5, 5.41) is 12.0. The van der Waals surface area contributed by atoms with E-state index in [9.17, 15) is 0 Å². The van der Waals surface area contributed by atoms with Gasteiger partial charge >= 0.3 is 0 Å². The lowest BCUT2D eigenvalue weighted by molar-refractivity contribution is 0.0813. The SMILES string of the molecule is CCOC(c1ccccc1)c1nnnn1CCCCN. The fraction of sp³-hybridized carbons (Fsp3) is 0.500. The molecule has 0 radical (unpaired) electrons. The van der Waals surface area contributed by atoms with Gasteiger partial charge in [-0.15, -0.1) is 5.10 Å². The topological polar surface area (TPSA) is 78.9 Å². The van der Waals surface area contributed by atoms with Crippen LogP contribution in [-0.4, -0.2) is 33.4 Å². The third kappa shape index (κ3) is 3.61. The standard InChI is InChI=1S/C14H21N5O/c1-2-20-13(12-8-4-3-5-9-12)14-16-17-18-19(14)11-7-6-10-15/h3-5,8-9,13H,2,6-7,10-11,15H2,1H3. The van der Waals surface area contributed by atoms with Gasteiger partial charge < -0.3 is 10.5 Å². The molecule has 0 saturated heterocycles. The van der Waals surface area contributed by atoms with E-state index in [1.54, 1.807) is 0 Å². The van der Waals surface area contributed by atoms with Crippen molar-refractivity contribution in [1.82, 2.24) is 20.2 Å². The van der Waals surface area contributed by atoms with Crippen molar-refractivity contribution in [2.45, 2.75) is 32.4 Å². The number of rotatable bonds is 8.